The minimum absolute atomic E-state index is 0.0326. The highest BCUT2D eigenvalue weighted by atomic mass is 19.1. The summed E-state index contributed by atoms with van der Waals surface area (Å²) >= 11 is 0. The third kappa shape index (κ3) is 3.67. The van der Waals surface area contributed by atoms with Gasteiger partial charge in [0.05, 0.1) is 17.3 Å². The van der Waals surface area contributed by atoms with E-state index < -0.39 is 17.2 Å². The van der Waals surface area contributed by atoms with Crippen molar-refractivity contribution in [3.8, 4) is 6.07 Å². The van der Waals surface area contributed by atoms with E-state index in [9.17, 15) is 13.6 Å². The zero-order valence-electron chi connectivity index (χ0n) is 13.4. The lowest BCUT2D eigenvalue weighted by atomic mass is 10.0. The van der Waals surface area contributed by atoms with Crippen LogP contribution in [0.1, 0.15) is 29.7 Å². The molecule has 130 valence electrons. The molecule has 0 amide bonds. The van der Waals surface area contributed by atoms with Gasteiger partial charge in [-0.2, -0.15) is 9.65 Å². The van der Waals surface area contributed by atoms with Gasteiger partial charge in [-0.15, -0.1) is 0 Å². The van der Waals surface area contributed by atoms with Crippen molar-refractivity contribution in [1.82, 2.24) is 9.97 Å². The van der Waals surface area contributed by atoms with Crippen LogP contribution in [0.15, 0.2) is 23.0 Å². The third-order valence-corrected chi connectivity index (χ3v) is 4.23. The Kier molecular flexibility index (Phi) is 4.76. The fourth-order valence-electron chi connectivity index (χ4n) is 2.95. The number of nitrogens with two attached hydrogens (primary N) is 1. The van der Waals surface area contributed by atoms with Crippen LogP contribution >= 0.6 is 0 Å². The molecule has 1 saturated heterocycles. The molecule has 0 aliphatic carbocycles. The maximum absolute atomic E-state index is 14.2. The monoisotopic (exact) mass is 345 g/mol. The van der Waals surface area contributed by atoms with Crippen LogP contribution in [-0.4, -0.2) is 29.1 Å². The highest BCUT2D eigenvalue weighted by Gasteiger charge is 2.21. The summed E-state index contributed by atoms with van der Waals surface area (Å²) in [4.78, 5) is 20.4. The molecule has 1 aliphatic heterocycles. The highest BCUT2D eigenvalue weighted by molar-refractivity contribution is 5.41. The average Bonchev–Trinajstić information content (AvgIpc) is 2.60. The Morgan fingerprint density at radius 1 is 1.44 bits per heavy atom. The highest BCUT2D eigenvalue weighted by Crippen LogP contribution is 2.18. The number of anilines is 1. The van der Waals surface area contributed by atoms with E-state index in [1.54, 1.807) is 0 Å². The lowest BCUT2D eigenvalue weighted by molar-refractivity contribution is 0.495. The lowest BCUT2D eigenvalue weighted by Crippen LogP contribution is -2.44. The minimum atomic E-state index is -1.00. The van der Waals surface area contributed by atoms with Crippen LogP contribution in [0.25, 0.3) is 0 Å². The summed E-state index contributed by atoms with van der Waals surface area (Å²) in [5.41, 5.74) is 5.47. The van der Waals surface area contributed by atoms with Crippen LogP contribution in [-0.2, 0) is 6.42 Å². The molecule has 6 nitrogen and oxygen atoms in total. The molecule has 1 aliphatic rings. The molecule has 2 aromatic rings. The molecule has 3 rings (SSSR count). The zero-order valence-corrected chi connectivity index (χ0v) is 13.4. The van der Waals surface area contributed by atoms with E-state index >= 15 is 0 Å². The lowest BCUT2D eigenvalue weighted by Gasteiger charge is -2.31. The molecule has 8 heteroatoms. The van der Waals surface area contributed by atoms with Gasteiger partial charge < -0.3 is 10.6 Å². The first kappa shape index (κ1) is 17.0. The molecule has 0 bridgehead atoms. The predicted molar refractivity (Wildman–Crippen MR) is 88.2 cm³/mol. The Morgan fingerprint density at radius 3 is 2.96 bits per heavy atom. The number of H-pyrrole nitrogens is 1. The fourth-order valence-corrected chi connectivity index (χ4v) is 2.95. The Hall–Kier alpha value is -2.79. The predicted octanol–water partition coefficient (Wildman–Crippen LogP) is 1.44. The molecular formula is C17H17F2N5O. The first-order valence-corrected chi connectivity index (χ1v) is 7.95. The molecule has 1 aromatic carbocycles. The summed E-state index contributed by atoms with van der Waals surface area (Å²) in [6, 6.07) is 5.50. The molecule has 25 heavy (non-hydrogen) atoms. The summed E-state index contributed by atoms with van der Waals surface area (Å²) in [5.74, 6) is -1.29. The molecule has 2 heterocycles. The van der Waals surface area contributed by atoms with E-state index in [1.165, 1.54) is 12.1 Å². The Balaban J connectivity index is 1.96. The van der Waals surface area contributed by atoms with E-state index in [-0.39, 0.29) is 29.7 Å². The molecular weight excluding hydrogens is 328 g/mol. The number of benzene rings is 1. The van der Waals surface area contributed by atoms with E-state index in [0.717, 1.165) is 18.9 Å². The number of nitrogens with zero attached hydrogens (tertiary/aromatic N) is 3. The van der Waals surface area contributed by atoms with Gasteiger partial charge in [-0.05, 0) is 30.5 Å². The van der Waals surface area contributed by atoms with Gasteiger partial charge in [0.25, 0.3) is 5.56 Å². The maximum atomic E-state index is 14.2. The Morgan fingerprint density at radius 2 is 2.24 bits per heavy atom. The van der Waals surface area contributed by atoms with Crippen molar-refractivity contribution >= 4 is 5.95 Å². The average molecular weight is 345 g/mol. The second-order valence-corrected chi connectivity index (χ2v) is 6.09. The second kappa shape index (κ2) is 6.99. The molecule has 1 fully saturated rings. The van der Waals surface area contributed by atoms with Crippen LogP contribution in [0.4, 0.5) is 14.7 Å². The first-order chi connectivity index (χ1) is 12.0. The SMILES string of the molecule is N#Cc1cc(F)ccc1Cc1nc(N2CCC[C@@H](N)C2)[nH]c(=O)c1F. The van der Waals surface area contributed by atoms with Crippen molar-refractivity contribution in [2.75, 3.05) is 18.0 Å². The number of hydrogen-bond donors (Lipinski definition) is 2. The largest absolute Gasteiger partial charge is 0.341 e. The van der Waals surface area contributed by atoms with Crippen LogP contribution < -0.4 is 16.2 Å². The zero-order chi connectivity index (χ0) is 18.0. The summed E-state index contributed by atoms with van der Waals surface area (Å²) in [6.07, 6.45) is 1.66. The Labute approximate surface area is 142 Å². The maximum Gasteiger partial charge on any atom is 0.288 e. The van der Waals surface area contributed by atoms with E-state index in [4.69, 9.17) is 11.0 Å². The van der Waals surface area contributed by atoms with Gasteiger partial charge in [0.2, 0.25) is 11.8 Å². The molecule has 1 atom stereocenters. The number of piperidine rings is 1. The molecule has 0 saturated carbocycles. The number of nitriles is 1. The number of aromatic nitrogens is 2. The van der Waals surface area contributed by atoms with Crippen molar-refractivity contribution in [3.05, 3.63) is 57.0 Å². The van der Waals surface area contributed by atoms with Crippen LogP contribution in [0, 0.1) is 23.0 Å². The molecule has 1 aromatic heterocycles. The second-order valence-electron chi connectivity index (χ2n) is 6.09. The van der Waals surface area contributed by atoms with Gasteiger partial charge >= 0.3 is 0 Å². The smallest absolute Gasteiger partial charge is 0.288 e. The molecule has 0 radical (unpaired) electrons. The number of hydrogen-bond acceptors (Lipinski definition) is 5. The molecule has 3 N–H and O–H groups in total. The third-order valence-electron chi connectivity index (χ3n) is 4.23. The Bertz CT molecular complexity index is 890. The quantitative estimate of drug-likeness (QED) is 0.877. The van der Waals surface area contributed by atoms with Crippen molar-refractivity contribution < 1.29 is 8.78 Å². The summed E-state index contributed by atoms with van der Waals surface area (Å²) in [5, 5.41) is 9.11. The van der Waals surface area contributed by atoms with Gasteiger partial charge in [-0.1, -0.05) is 6.07 Å². The van der Waals surface area contributed by atoms with Gasteiger partial charge in [0.15, 0.2) is 0 Å². The fraction of sp³-hybridized carbons (Fsp3) is 0.353. The standard InChI is InChI=1S/C17H17F2N5O/c18-12-4-3-10(11(6-12)8-20)7-14-15(19)16(25)23-17(22-14)24-5-1-2-13(21)9-24/h3-4,6,13H,1-2,5,7,9,21H2,(H,22,23,25)/t13-/m1/s1. The van der Waals surface area contributed by atoms with Gasteiger partial charge in [0.1, 0.15) is 5.82 Å². The van der Waals surface area contributed by atoms with Crippen molar-refractivity contribution in [2.24, 2.45) is 5.73 Å². The van der Waals surface area contributed by atoms with Crippen LogP contribution in [0.5, 0.6) is 0 Å². The van der Waals surface area contributed by atoms with Crippen molar-refractivity contribution in [2.45, 2.75) is 25.3 Å². The summed E-state index contributed by atoms with van der Waals surface area (Å²) in [6.45, 7) is 1.19. The summed E-state index contributed by atoms with van der Waals surface area (Å²) in [7, 11) is 0. The number of aromatic amines is 1. The number of nitrogens with one attached hydrogen (secondary N) is 1. The summed E-state index contributed by atoms with van der Waals surface area (Å²) < 4.78 is 27.5. The minimum Gasteiger partial charge on any atom is -0.341 e. The van der Waals surface area contributed by atoms with Crippen LogP contribution in [0.2, 0.25) is 0 Å². The van der Waals surface area contributed by atoms with Crippen molar-refractivity contribution in [1.29, 1.82) is 5.26 Å². The molecule has 0 unspecified atom stereocenters. The van der Waals surface area contributed by atoms with Gasteiger partial charge in [-0.3, -0.25) is 9.78 Å². The normalized spacial score (nSPS) is 17.4. The van der Waals surface area contributed by atoms with Gasteiger partial charge in [-0.25, -0.2) is 9.37 Å². The molecule has 0 spiro atoms. The van der Waals surface area contributed by atoms with E-state index in [1.807, 2.05) is 11.0 Å². The topological polar surface area (TPSA) is 98.8 Å². The van der Waals surface area contributed by atoms with E-state index in [0.29, 0.717) is 18.7 Å². The number of rotatable bonds is 3. The first-order valence-electron chi connectivity index (χ1n) is 7.95. The number of halogens is 2. The van der Waals surface area contributed by atoms with Crippen molar-refractivity contribution in [3.63, 3.8) is 0 Å². The van der Waals surface area contributed by atoms with E-state index in [2.05, 4.69) is 9.97 Å². The van der Waals surface area contributed by atoms with Crippen LogP contribution in [0.3, 0.4) is 0 Å². The van der Waals surface area contributed by atoms with Gasteiger partial charge in [0, 0.05) is 25.6 Å².